The lowest BCUT2D eigenvalue weighted by Gasteiger charge is -2.15. The first-order chi connectivity index (χ1) is 8.86. The normalized spacial score (nSPS) is 15.5. The average molecular weight is 286 g/mol. The van der Waals surface area contributed by atoms with Crippen molar-refractivity contribution in [1.29, 1.82) is 0 Å². The SMILES string of the molecule is CCCN(C)C(=O)c1n[nH]c(C2CC2)c1S(N)(=O)=O. The molecule has 1 aromatic heterocycles. The Morgan fingerprint density at radius 1 is 1.53 bits per heavy atom. The van der Waals surface area contributed by atoms with Crippen LogP contribution in [0.15, 0.2) is 4.90 Å². The zero-order valence-corrected chi connectivity index (χ0v) is 11.8. The van der Waals surface area contributed by atoms with Gasteiger partial charge in [0.15, 0.2) is 5.69 Å². The van der Waals surface area contributed by atoms with E-state index in [1.807, 2.05) is 6.92 Å². The molecular formula is C11H18N4O3S. The average Bonchev–Trinajstić information content (AvgIpc) is 3.05. The Bertz CT molecular complexity index is 589. The highest BCUT2D eigenvalue weighted by Crippen LogP contribution is 2.42. The van der Waals surface area contributed by atoms with Gasteiger partial charge >= 0.3 is 0 Å². The number of hydrogen-bond donors (Lipinski definition) is 2. The van der Waals surface area contributed by atoms with Crippen LogP contribution in [0, 0.1) is 0 Å². The smallest absolute Gasteiger partial charge is 0.275 e. The number of primary sulfonamides is 1. The molecule has 0 unspecified atom stereocenters. The second kappa shape index (κ2) is 4.93. The van der Waals surface area contributed by atoms with Crippen LogP contribution in [0.25, 0.3) is 0 Å². The monoisotopic (exact) mass is 286 g/mol. The van der Waals surface area contributed by atoms with Crippen molar-refractivity contribution >= 4 is 15.9 Å². The molecule has 1 aliphatic carbocycles. The fraction of sp³-hybridized carbons (Fsp3) is 0.636. The number of carbonyl (C=O) groups excluding carboxylic acids is 1. The fourth-order valence-corrected chi connectivity index (χ4v) is 2.97. The highest BCUT2D eigenvalue weighted by atomic mass is 32.2. The Morgan fingerprint density at radius 3 is 2.63 bits per heavy atom. The van der Waals surface area contributed by atoms with E-state index in [0.717, 1.165) is 19.3 Å². The van der Waals surface area contributed by atoms with Gasteiger partial charge in [-0.15, -0.1) is 0 Å². The van der Waals surface area contributed by atoms with E-state index in [1.54, 1.807) is 7.05 Å². The van der Waals surface area contributed by atoms with Gasteiger partial charge in [-0.25, -0.2) is 13.6 Å². The summed E-state index contributed by atoms with van der Waals surface area (Å²) in [6, 6.07) is 0. The van der Waals surface area contributed by atoms with Gasteiger partial charge in [0.05, 0.1) is 5.69 Å². The number of nitrogens with zero attached hydrogens (tertiary/aromatic N) is 2. The van der Waals surface area contributed by atoms with Crippen LogP contribution in [-0.2, 0) is 10.0 Å². The number of aromatic amines is 1. The lowest BCUT2D eigenvalue weighted by Crippen LogP contribution is -2.29. The van der Waals surface area contributed by atoms with Gasteiger partial charge in [0, 0.05) is 19.5 Å². The van der Waals surface area contributed by atoms with Gasteiger partial charge in [-0.2, -0.15) is 5.10 Å². The van der Waals surface area contributed by atoms with Gasteiger partial charge in [-0.05, 0) is 19.3 Å². The summed E-state index contributed by atoms with van der Waals surface area (Å²) in [6.07, 6.45) is 2.57. The summed E-state index contributed by atoms with van der Waals surface area (Å²) < 4.78 is 23.4. The van der Waals surface area contributed by atoms with E-state index in [4.69, 9.17) is 5.14 Å². The summed E-state index contributed by atoms with van der Waals surface area (Å²) in [7, 11) is -2.35. The van der Waals surface area contributed by atoms with E-state index in [9.17, 15) is 13.2 Å². The number of nitrogens with one attached hydrogen (secondary N) is 1. The molecule has 0 aliphatic heterocycles. The lowest BCUT2D eigenvalue weighted by molar-refractivity contribution is 0.0785. The maximum absolute atomic E-state index is 12.2. The van der Waals surface area contributed by atoms with Crippen LogP contribution in [0.2, 0.25) is 0 Å². The van der Waals surface area contributed by atoms with Crippen LogP contribution < -0.4 is 5.14 Å². The maximum atomic E-state index is 12.2. The molecule has 106 valence electrons. The molecule has 19 heavy (non-hydrogen) atoms. The lowest BCUT2D eigenvalue weighted by atomic mass is 10.2. The zero-order chi connectivity index (χ0) is 14.2. The van der Waals surface area contributed by atoms with Crippen LogP contribution in [0.4, 0.5) is 0 Å². The number of amides is 1. The van der Waals surface area contributed by atoms with E-state index in [2.05, 4.69) is 10.2 Å². The minimum absolute atomic E-state index is 0.0969. The number of hydrogen-bond acceptors (Lipinski definition) is 4. The standard InChI is InChI=1S/C11H18N4O3S/c1-3-6-15(2)11(16)9-10(19(12,17)18)8(13-14-9)7-4-5-7/h7H,3-6H2,1-2H3,(H,13,14)(H2,12,17,18). The largest absolute Gasteiger partial charge is 0.340 e. The summed E-state index contributed by atoms with van der Waals surface area (Å²) in [5, 5.41) is 11.8. The minimum atomic E-state index is -3.96. The van der Waals surface area contributed by atoms with Gasteiger partial charge in [0.2, 0.25) is 10.0 Å². The van der Waals surface area contributed by atoms with Crippen molar-refractivity contribution in [2.24, 2.45) is 5.14 Å². The Morgan fingerprint density at radius 2 is 2.16 bits per heavy atom. The molecular weight excluding hydrogens is 268 g/mol. The molecule has 2 rings (SSSR count). The third-order valence-electron chi connectivity index (χ3n) is 3.13. The van der Waals surface area contributed by atoms with E-state index in [-0.39, 0.29) is 16.5 Å². The molecule has 0 radical (unpaired) electrons. The molecule has 0 saturated heterocycles. The van der Waals surface area contributed by atoms with Crippen molar-refractivity contribution in [2.45, 2.75) is 37.0 Å². The molecule has 1 aliphatic rings. The number of carbonyl (C=O) groups is 1. The van der Waals surface area contributed by atoms with Crippen LogP contribution in [0.5, 0.6) is 0 Å². The predicted octanol–water partition coefficient (Wildman–Crippen LogP) is 0.416. The molecule has 1 saturated carbocycles. The van der Waals surface area contributed by atoms with E-state index >= 15 is 0 Å². The van der Waals surface area contributed by atoms with E-state index < -0.39 is 15.9 Å². The van der Waals surface area contributed by atoms with Gasteiger partial charge in [-0.3, -0.25) is 9.89 Å². The molecule has 7 nitrogen and oxygen atoms in total. The number of aromatic nitrogens is 2. The molecule has 0 bridgehead atoms. The third kappa shape index (κ3) is 2.79. The first kappa shape index (κ1) is 14.0. The first-order valence-corrected chi connectivity index (χ1v) is 7.77. The molecule has 1 aromatic rings. The zero-order valence-electron chi connectivity index (χ0n) is 11.0. The molecule has 8 heteroatoms. The van der Waals surface area contributed by atoms with Crippen LogP contribution in [-0.4, -0.2) is 43.0 Å². The van der Waals surface area contributed by atoms with Gasteiger partial charge in [0.1, 0.15) is 4.90 Å². The molecule has 1 amide bonds. The Hall–Kier alpha value is -1.41. The van der Waals surface area contributed by atoms with Gasteiger partial charge < -0.3 is 4.90 Å². The Balaban J connectivity index is 2.43. The maximum Gasteiger partial charge on any atom is 0.275 e. The second-order valence-electron chi connectivity index (χ2n) is 4.86. The number of nitrogens with two attached hydrogens (primary N) is 1. The summed E-state index contributed by atoms with van der Waals surface area (Å²) in [5.74, 6) is -0.298. The van der Waals surface area contributed by atoms with Crippen molar-refractivity contribution < 1.29 is 13.2 Å². The number of sulfonamides is 1. The van der Waals surface area contributed by atoms with Gasteiger partial charge in [0.25, 0.3) is 5.91 Å². The summed E-state index contributed by atoms with van der Waals surface area (Å²) in [6.45, 7) is 2.47. The van der Waals surface area contributed by atoms with Crippen molar-refractivity contribution in [1.82, 2.24) is 15.1 Å². The van der Waals surface area contributed by atoms with E-state index in [0.29, 0.717) is 12.2 Å². The Labute approximate surface area is 112 Å². The molecule has 1 fully saturated rings. The van der Waals surface area contributed by atoms with Crippen molar-refractivity contribution in [2.75, 3.05) is 13.6 Å². The van der Waals surface area contributed by atoms with Gasteiger partial charge in [-0.1, -0.05) is 6.92 Å². The fourth-order valence-electron chi connectivity index (χ4n) is 2.04. The molecule has 0 spiro atoms. The van der Waals surface area contributed by atoms with Crippen molar-refractivity contribution in [3.8, 4) is 0 Å². The first-order valence-electron chi connectivity index (χ1n) is 6.22. The third-order valence-corrected chi connectivity index (χ3v) is 4.11. The highest BCUT2D eigenvalue weighted by molar-refractivity contribution is 7.89. The number of H-pyrrole nitrogens is 1. The quantitative estimate of drug-likeness (QED) is 0.817. The molecule has 3 N–H and O–H groups in total. The van der Waals surface area contributed by atoms with E-state index in [1.165, 1.54) is 4.90 Å². The van der Waals surface area contributed by atoms with Crippen molar-refractivity contribution in [3.63, 3.8) is 0 Å². The minimum Gasteiger partial charge on any atom is -0.340 e. The Kier molecular flexibility index (Phi) is 3.64. The second-order valence-corrected chi connectivity index (χ2v) is 6.36. The number of rotatable bonds is 5. The molecule has 0 aromatic carbocycles. The predicted molar refractivity (Wildman–Crippen MR) is 69.2 cm³/mol. The summed E-state index contributed by atoms with van der Waals surface area (Å²) in [4.78, 5) is 13.5. The highest BCUT2D eigenvalue weighted by Gasteiger charge is 2.36. The summed E-state index contributed by atoms with van der Waals surface area (Å²) in [5.41, 5.74) is 0.371. The van der Waals surface area contributed by atoms with Crippen LogP contribution in [0.3, 0.4) is 0 Å². The van der Waals surface area contributed by atoms with Crippen LogP contribution in [0.1, 0.15) is 48.3 Å². The van der Waals surface area contributed by atoms with Crippen LogP contribution >= 0.6 is 0 Å². The molecule has 1 heterocycles. The van der Waals surface area contributed by atoms with Crippen molar-refractivity contribution in [3.05, 3.63) is 11.4 Å². The topological polar surface area (TPSA) is 109 Å². The summed E-state index contributed by atoms with van der Waals surface area (Å²) >= 11 is 0. The molecule has 0 atom stereocenters.